The van der Waals surface area contributed by atoms with Crippen molar-refractivity contribution in [1.82, 2.24) is 0 Å². The van der Waals surface area contributed by atoms with E-state index >= 15 is 0 Å². The Morgan fingerprint density at radius 3 is 2.57 bits per heavy atom. The number of benzene rings is 2. The van der Waals surface area contributed by atoms with Crippen molar-refractivity contribution in [3.8, 4) is 17.2 Å². The molecule has 2 N–H and O–H groups in total. The number of hydrogen-bond donors (Lipinski definition) is 1. The Balaban J connectivity index is 2.32. The molecule has 0 heterocycles. The standard InChI is InChI=1S/C16H17BrClNO2/c1-10(19)7-11-3-4-12(18)8-16(11)21-15-6-5-13(20-2)9-14(15)17/h3-6,8-10H,7,19H2,1-2H3. The van der Waals surface area contributed by atoms with Gasteiger partial charge in [0, 0.05) is 11.1 Å². The van der Waals surface area contributed by atoms with E-state index in [1.54, 1.807) is 13.2 Å². The van der Waals surface area contributed by atoms with E-state index in [0.29, 0.717) is 16.5 Å². The van der Waals surface area contributed by atoms with Crippen LogP contribution in [0, 0.1) is 0 Å². The topological polar surface area (TPSA) is 44.5 Å². The highest BCUT2D eigenvalue weighted by molar-refractivity contribution is 9.10. The summed E-state index contributed by atoms with van der Waals surface area (Å²) < 4.78 is 12.0. The van der Waals surface area contributed by atoms with Gasteiger partial charge in [0.2, 0.25) is 0 Å². The summed E-state index contributed by atoms with van der Waals surface area (Å²) in [4.78, 5) is 0. The molecule has 0 aliphatic heterocycles. The van der Waals surface area contributed by atoms with Crippen LogP contribution < -0.4 is 15.2 Å². The van der Waals surface area contributed by atoms with E-state index in [9.17, 15) is 0 Å². The monoisotopic (exact) mass is 369 g/mol. The van der Waals surface area contributed by atoms with Crippen LogP contribution in [0.4, 0.5) is 0 Å². The number of rotatable bonds is 5. The lowest BCUT2D eigenvalue weighted by atomic mass is 10.1. The van der Waals surface area contributed by atoms with Gasteiger partial charge in [0.15, 0.2) is 0 Å². The van der Waals surface area contributed by atoms with Crippen LogP contribution in [0.25, 0.3) is 0 Å². The fourth-order valence-electron chi connectivity index (χ4n) is 1.95. The Bertz CT molecular complexity index is 632. The third-order valence-corrected chi connectivity index (χ3v) is 3.78. The van der Waals surface area contributed by atoms with Gasteiger partial charge in [0.1, 0.15) is 17.2 Å². The second kappa shape index (κ2) is 7.16. The molecule has 0 bridgehead atoms. The second-order valence-electron chi connectivity index (χ2n) is 4.83. The molecular weight excluding hydrogens is 354 g/mol. The van der Waals surface area contributed by atoms with Gasteiger partial charge < -0.3 is 15.2 Å². The van der Waals surface area contributed by atoms with Crippen molar-refractivity contribution < 1.29 is 9.47 Å². The van der Waals surface area contributed by atoms with E-state index in [1.807, 2.05) is 37.3 Å². The molecule has 1 unspecified atom stereocenters. The van der Waals surface area contributed by atoms with Crippen LogP contribution >= 0.6 is 27.5 Å². The number of hydrogen-bond acceptors (Lipinski definition) is 3. The number of methoxy groups -OCH3 is 1. The van der Waals surface area contributed by atoms with E-state index in [4.69, 9.17) is 26.8 Å². The van der Waals surface area contributed by atoms with Gasteiger partial charge >= 0.3 is 0 Å². The van der Waals surface area contributed by atoms with Crippen LogP contribution in [0.15, 0.2) is 40.9 Å². The lowest BCUT2D eigenvalue weighted by molar-refractivity contribution is 0.412. The summed E-state index contributed by atoms with van der Waals surface area (Å²) in [6, 6.07) is 11.2. The molecule has 112 valence electrons. The molecule has 0 aromatic heterocycles. The molecule has 0 radical (unpaired) electrons. The molecular formula is C16H17BrClNO2. The van der Waals surface area contributed by atoms with Crippen molar-refractivity contribution in [2.45, 2.75) is 19.4 Å². The third kappa shape index (κ3) is 4.37. The molecule has 0 amide bonds. The summed E-state index contributed by atoms with van der Waals surface area (Å²) in [5, 5.41) is 0.628. The highest BCUT2D eigenvalue weighted by atomic mass is 79.9. The maximum atomic E-state index is 6.06. The Hall–Kier alpha value is -1.23. The molecule has 3 nitrogen and oxygen atoms in total. The van der Waals surface area contributed by atoms with Gasteiger partial charge in [-0.1, -0.05) is 17.7 Å². The number of halogens is 2. The lowest BCUT2D eigenvalue weighted by Gasteiger charge is -2.14. The SMILES string of the molecule is COc1ccc(Oc2cc(Cl)ccc2CC(C)N)c(Br)c1. The fourth-order valence-corrected chi connectivity index (χ4v) is 2.55. The number of ether oxygens (including phenoxy) is 2. The van der Waals surface area contributed by atoms with E-state index in [-0.39, 0.29) is 6.04 Å². The summed E-state index contributed by atoms with van der Waals surface area (Å²) in [5.41, 5.74) is 6.90. The van der Waals surface area contributed by atoms with Gasteiger partial charge in [-0.2, -0.15) is 0 Å². The summed E-state index contributed by atoms with van der Waals surface area (Å²) in [5.74, 6) is 2.17. The molecule has 1 atom stereocenters. The van der Waals surface area contributed by atoms with Gasteiger partial charge in [-0.05, 0) is 65.2 Å². The number of nitrogens with two attached hydrogens (primary N) is 1. The van der Waals surface area contributed by atoms with Gasteiger partial charge in [0.05, 0.1) is 11.6 Å². The molecule has 21 heavy (non-hydrogen) atoms. The normalized spacial score (nSPS) is 12.0. The summed E-state index contributed by atoms with van der Waals surface area (Å²) in [7, 11) is 1.63. The highest BCUT2D eigenvalue weighted by Crippen LogP contribution is 2.35. The predicted molar refractivity (Wildman–Crippen MR) is 89.6 cm³/mol. The van der Waals surface area contributed by atoms with Crippen molar-refractivity contribution in [3.63, 3.8) is 0 Å². The van der Waals surface area contributed by atoms with Crippen LogP contribution in [-0.2, 0) is 6.42 Å². The zero-order chi connectivity index (χ0) is 15.4. The van der Waals surface area contributed by atoms with Crippen molar-refractivity contribution in [2.24, 2.45) is 5.73 Å². The zero-order valence-corrected chi connectivity index (χ0v) is 14.2. The smallest absolute Gasteiger partial charge is 0.141 e. The summed E-state index contributed by atoms with van der Waals surface area (Å²) >= 11 is 9.54. The molecule has 2 aromatic rings. The first-order valence-electron chi connectivity index (χ1n) is 6.55. The molecule has 0 saturated carbocycles. The van der Waals surface area contributed by atoms with Crippen LogP contribution in [0.5, 0.6) is 17.2 Å². The Morgan fingerprint density at radius 1 is 1.19 bits per heavy atom. The summed E-state index contributed by atoms with van der Waals surface area (Å²) in [6.45, 7) is 1.96. The van der Waals surface area contributed by atoms with Crippen LogP contribution in [0.2, 0.25) is 5.02 Å². The van der Waals surface area contributed by atoms with E-state index in [2.05, 4.69) is 15.9 Å². The van der Waals surface area contributed by atoms with E-state index in [0.717, 1.165) is 22.2 Å². The average molecular weight is 371 g/mol. The molecule has 0 saturated heterocycles. The Labute approximate surface area is 138 Å². The molecule has 5 heteroatoms. The van der Waals surface area contributed by atoms with Crippen LogP contribution in [-0.4, -0.2) is 13.2 Å². The van der Waals surface area contributed by atoms with Gasteiger partial charge in [-0.25, -0.2) is 0 Å². The lowest BCUT2D eigenvalue weighted by Crippen LogP contribution is -2.18. The molecule has 0 spiro atoms. The molecule has 0 fully saturated rings. The second-order valence-corrected chi connectivity index (χ2v) is 6.12. The van der Waals surface area contributed by atoms with Crippen molar-refractivity contribution in [2.75, 3.05) is 7.11 Å². The fraction of sp³-hybridized carbons (Fsp3) is 0.250. The van der Waals surface area contributed by atoms with E-state index in [1.165, 1.54) is 0 Å². The van der Waals surface area contributed by atoms with Crippen LogP contribution in [0.1, 0.15) is 12.5 Å². The van der Waals surface area contributed by atoms with Crippen molar-refractivity contribution in [1.29, 1.82) is 0 Å². The van der Waals surface area contributed by atoms with Gasteiger partial charge in [0.25, 0.3) is 0 Å². The van der Waals surface area contributed by atoms with Crippen LogP contribution in [0.3, 0.4) is 0 Å². The summed E-state index contributed by atoms with van der Waals surface area (Å²) in [6.07, 6.45) is 0.722. The van der Waals surface area contributed by atoms with Crippen molar-refractivity contribution >= 4 is 27.5 Å². The highest BCUT2D eigenvalue weighted by Gasteiger charge is 2.11. The zero-order valence-electron chi connectivity index (χ0n) is 11.9. The maximum Gasteiger partial charge on any atom is 0.141 e. The quantitative estimate of drug-likeness (QED) is 0.822. The first-order chi connectivity index (χ1) is 9.99. The molecule has 0 aliphatic carbocycles. The minimum Gasteiger partial charge on any atom is -0.497 e. The molecule has 2 rings (SSSR count). The first-order valence-corrected chi connectivity index (χ1v) is 7.72. The average Bonchev–Trinajstić information content (AvgIpc) is 2.43. The minimum atomic E-state index is 0.0489. The molecule has 2 aromatic carbocycles. The Kier molecular flexibility index (Phi) is 5.51. The maximum absolute atomic E-state index is 6.06. The minimum absolute atomic E-state index is 0.0489. The van der Waals surface area contributed by atoms with Crippen molar-refractivity contribution in [3.05, 3.63) is 51.5 Å². The van der Waals surface area contributed by atoms with E-state index < -0.39 is 0 Å². The van der Waals surface area contributed by atoms with Gasteiger partial charge in [-0.3, -0.25) is 0 Å². The third-order valence-electron chi connectivity index (χ3n) is 2.93. The molecule has 0 aliphatic rings. The predicted octanol–water partition coefficient (Wildman–Crippen LogP) is 4.79. The van der Waals surface area contributed by atoms with Gasteiger partial charge in [-0.15, -0.1) is 0 Å². The first kappa shape index (κ1) is 16.1. The largest absolute Gasteiger partial charge is 0.497 e. The Morgan fingerprint density at radius 2 is 1.95 bits per heavy atom.